The number of benzene rings is 3. The quantitative estimate of drug-likeness (QED) is 0.501. The molecule has 0 aliphatic carbocycles. The molecule has 0 nitrogen and oxygen atoms in total. The zero-order valence-electron chi connectivity index (χ0n) is 14.5. The zero-order valence-corrected chi connectivity index (χ0v) is 17.0. The van der Waals surface area contributed by atoms with Crippen molar-refractivity contribution in [3.8, 4) is 0 Å². The molecule has 2 heteroatoms. The number of halogens is 1. The first-order valence-electron chi connectivity index (χ1n) is 8.30. The van der Waals surface area contributed by atoms with Crippen LogP contribution in [0.3, 0.4) is 0 Å². The summed E-state index contributed by atoms with van der Waals surface area (Å²) in [6.45, 7) is 7.06. The molecule has 0 atom stereocenters. The minimum absolute atomic E-state index is 0.00958. The third-order valence-corrected chi connectivity index (χ3v) is 18.2. The van der Waals surface area contributed by atoms with Crippen LogP contribution in [0, 0.1) is 0 Å². The Hall–Kier alpha value is -1.43. The molecule has 0 saturated heterocycles. The second-order valence-corrected chi connectivity index (χ2v) is 16.4. The summed E-state index contributed by atoms with van der Waals surface area (Å²) >= 11 is 4.47. The molecule has 3 rings (SSSR count). The van der Waals surface area contributed by atoms with Crippen LogP contribution in [-0.2, 0) is 0 Å². The van der Waals surface area contributed by atoms with Gasteiger partial charge < -0.3 is 0 Å². The summed E-state index contributed by atoms with van der Waals surface area (Å²) < 4.78 is 0. The van der Waals surface area contributed by atoms with E-state index >= 15 is 0 Å². The van der Waals surface area contributed by atoms with E-state index in [1.54, 1.807) is 0 Å². The fourth-order valence-corrected chi connectivity index (χ4v) is 11.3. The Balaban J connectivity index is 2.53. The molecule has 0 radical (unpaired) electrons. The first-order chi connectivity index (χ1) is 11.4. The van der Waals surface area contributed by atoms with Gasteiger partial charge in [-0.3, -0.25) is 0 Å². The SMILES string of the molecule is CC(C)(C)P(Br)(c1ccccc1)(c1ccccc1)c1ccccc1. The van der Waals surface area contributed by atoms with Gasteiger partial charge in [0.05, 0.1) is 0 Å². The Morgan fingerprint density at radius 2 is 0.792 bits per heavy atom. The first-order valence-corrected chi connectivity index (χ1v) is 12.6. The molecule has 0 fully saturated rings. The van der Waals surface area contributed by atoms with Crippen molar-refractivity contribution < 1.29 is 0 Å². The van der Waals surface area contributed by atoms with E-state index in [-0.39, 0.29) is 5.16 Å². The molecule has 0 unspecified atom stereocenters. The monoisotopic (exact) mass is 398 g/mol. The van der Waals surface area contributed by atoms with Crippen LogP contribution in [0.1, 0.15) is 20.8 Å². The van der Waals surface area contributed by atoms with Gasteiger partial charge in [0.1, 0.15) is 0 Å². The minimum atomic E-state index is -2.83. The van der Waals surface area contributed by atoms with Crippen LogP contribution in [0.4, 0.5) is 0 Å². The molecule has 3 aromatic carbocycles. The van der Waals surface area contributed by atoms with Crippen molar-refractivity contribution in [2.75, 3.05) is 0 Å². The Morgan fingerprint density at radius 3 is 1.00 bits per heavy atom. The molecule has 0 saturated carbocycles. The van der Waals surface area contributed by atoms with Gasteiger partial charge in [0, 0.05) is 0 Å². The van der Waals surface area contributed by atoms with E-state index in [9.17, 15) is 0 Å². The first kappa shape index (κ1) is 17.4. The molecule has 0 N–H and O–H groups in total. The molecular formula is C22H24BrP. The fraction of sp³-hybridized carbons (Fsp3) is 0.182. The van der Waals surface area contributed by atoms with Crippen molar-refractivity contribution in [1.29, 1.82) is 0 Å². The number of hydrogen-bond donors (Lipinski definition) is 0. The summed E-state index contributed by atoms with van der Waals surface area (Å²) in [5, 5.41) is 1.29. The van der Waals surface area contributed by atoms with E-state index in [0.717, 1.165) is 0 Å². The summed E-state index contributed by atoms with van der Waals surface area (Å²) in [7, 11) is 0. The van der Waals surface area contributed by atoms with Crippen molar-refractivity contribution in [2.24, 2.45) is 0 Å². The maximum atomic E-state index is 4.47. The molecule has 0 bridgehead atoms. The van der Waals surface area contributed by atoms with Gasteiger partial charge in [-0.25, -0.2) is 0 Å². The molecule has 0 amide bonds. The van der Waals surface area contributed by atoms with Gasteiger partial charge in [-0.05, 0) is 0 Å². The Kier molecular flexibility index (Phi) is 4.45. The third kappa shape index (κ3) is 2.30. The molecule has 3 aromatic rings. The predicted molar refractivity (Wildman–Crippen MR) is 114 cm³/mol. The Bertz CT molecular complexity index is 705. The van der Waals surface area contributed by atoms with E-state index in [4.69, 9.17) is 0 Å². The summed E-state index contributed by atoms with van der Waals surface area (Å²) in [5.41, 5.74) is 0. The second kappa shape index (κ2) is 6.14. The van der Waals surface area contributed by atoms with Gasteiger partial charge in [-0.2, -0.15) is 0 Å². The van der Waals surface area contributed by atoms with Gasteiger partial charge in [-0.1, -0.05) is 0 Å². The molecule has 0 aliphatic rings. The molecule has 0 spiro atoms. The van der Waals surface area contributed by atoms with Crippen LogP contribution in [0.2, 0.25) is 0 Å². The van der Waals surface area contributed by atoms with Crippen molar-refractivity contribution in [3.63, 3.8) is 0 Å². The van der Waals surface area contributed by atoms with E-state index in [1.807, 2.05) is 0 Å². The average molecular weight is 399 g/mol. The Morgan fingerprint density at radius 1 is 0.542 bits per heavy atom. The molecule has 0 heterocycles. The summed E-state index contributed by atoms with van der Waals surface area (Å²) in [6, 6.07) is 32.8. The van der Waals surface area contributed by atoms with Crippen molar-refractivity contribution >= 4 is 36.7 Å². The van der Waals surface area contributed by atoms with E-state index in [0.29, 0.717) is 0 Å². The molecule has 0 aliphatic heterocycles. The standard InChI is InChI=1S/C22H24BrP/c1-22(2,3)24(23,19-13-7-4-8-14-19,20-15-9-5-10-16-20)21-17-11-6-12-18-21/h4-18H,1-3H3. The van der Waals surface area contributed by atoms with Gasteiger partial charge >= 0.3 is 154 Å². The summed E-state index contributed by atoms with van der Waals surface area (Å²) in [6.07, 6.45) is 0. The van der Waals surface area contributed by atoms with Crippen LogP contribution in [0.25, 0.3) is 0 Å². The average Bonchev–Trinajstić information content (AvgIpc) is 2.62. The molecule has 24 heavy (non-hydrogen) atoms. The summed E-state index contributed by atoms with van der Waals surface area (Å²) in [4.78, 5) is 0. The van der Waals surface area contributed by atoms with Crippen LogP contribution >= 0.6 is 20.8 Å². The molecule has 124 valence electrons. The van der Waals surface area contributed by atoms with Crippen LogP contribution in [0.5, 0.6) is 0 Å². The van der Waals surface area contributed by atoms with Crippen LogP contribution in [0.15, 0.2) is 91.0 Å². The van der Waals surface area contributed by atoms with Gasteiger partial charge in [0.15, 0.2) is 0 Å². The number of hydrogen-bond acceptors (Lipinski definition) is 0. The van der Waals surface area contributed by atoms with Crippen molar-refractivity contribution in [1.82, 2.24) is 0 Å². The topological polar surface area (TPSA) is 0 Å². The normalized spacial score (nSPS) is 13.9. The molecular weight excluding hydrogens is 375 g/mol. The van der Waals surface area contributed by atoms with Crippen molar-refractivity contribution in [2.45, 2.75) is 25.9 Å². The zero-order chi connectivity index (χ0) is 17.3. The van der Waals surface area contributed by atoms with E-state index in [2.05, 4.69) is 127 Å². The van der Waals surface area contributed by atoms with E-state index < -0.39 is 5.31 Å². The van der Waals surface area contributed by atoms with E-state index in [1.165, 1.54) is 15.9 Å². The maximum absolute atomic E-state index is 4.47. The Labute approximate surface area is 153 Å². The molecule has 0 aromatic heterocycles. The van der Waals surface area contributed by atoms with Crippen molar-refractivity contribution in [3.05, 3.63) is 91.0 Å². The van der Waals surface area contributed by atoms with Crippen LogP contribution in [-0.4, -0.2) is 5.16 Å². The van der Waals surface area contributed by atoms with Gasteiger partial charge in [0.25, 0.3) is 0 Å². The predicted octanol–water partition coefficient (Wildman–Crippen LogP) is 5.62. The van der Waals surface area contributed by atoms with Gasteiger partial charge in [-0.15, -0.1) is 0 Å². The second-order valence-electron chi connectivity index (χ2n) is 7.19. The fourth-order valence-electron chi connectivity index (χ4n) is 3.73. The summed E-state index contributed by atoms with van der Waals surface area (Å²) in [5.74, 6) is 0. The third-order valence-electron chi connectivity index (χ3n) is 4.98. The van der Waals surface area contributed by atoms with Gasteiger partial charge in [0.2, 0.25) is 0 Å². The van der Waals surface area contributed by atoms with Crippen LogP contribution < -0.4 is 15.9 Å². The number of rotatable bonds is 3.